The molecule has 3 heteroatoms. The van der Waals surface area contributed by atoms with Crippen molar-refractivity contribution in [3.05, 3.63) is 0 Å². The summed E-state index contributed by atoms with van der Waals surface area (Å²) in [6, 6.07) is 0. The third-order valence-electron chi connectivity index (χ3n) is 1.95. The first-order valence-electron chi connectivity index (χ1n) is 4.23. The fourth-order valence-electron chi connectivity index (χ4n) is 1.36. The predicted molar refractivity (Wildman–Crippen MR) is 45.7 cm³/mol. The van der Waals surface area contributed by atoms with Gasteiger partial charge in [-0.25, -0.2) is 4.79 Å². The normalized spacial score (nSPS) is 17.0. The SMILES string of the molecule is O=C(O)C#CCCN1CCCC1. The van der Waals surface area contributed by atoms with E-state index in [1.807, 2.05) is 0 Å². The smallest absolute Gasteiger partial charge is 0.381 e. The molecule has 12 heavy (non-hydrogen) atoms. The molecule has 3 nitrogen and oxygen atoms in total. The highest BCUT2D eigenvalue weighted by atomic mass is 16.4. The van der Waals surface area contributed by atoms with Crippen LogP contribution >= 0.6 is 0 Å². The van der Waals surface area contributed by atoms with Gasteiger partial charge in [-0.1, -0.05) is 5.92 Å². The van der Waals surface area contributed by atoms with Crippen molar-refractivity contribution in [2.45, 2.75) is 19.3 Å². The molecule has 0 atom stereocenters. The Morgan fingerprint density at radius 1 is 1.42 bits per heavy atom. The number of carbonyl (C=O) groups is 1. The zero-order valence-corrected chi connectivity index (χ0v) is 7.05. The lowest BCUT2D eigenvalue weighted by molar-refractivity contribution is -0.130. The molecule has 0 amide bonds. The molecule has 0 unspecified atom stereocenters. The van der Waals surface area contributed by atoms with Crippen molar-refractivity contribution in [1.29, 1.82) is 0 Å². The predicted octanol–water partition coefficient (Wildman–Crippen LogP) is 0.560. The molecule has 66 valence electrons. The standard InChI is InChI=1S/C9H13NO2/c11-9(12)5-1-2-6-10-7-3-4-8-10/h2-4,6-8H2,(H,11,12). The molecule has 1 heterocycles. The molecule has 1 rings (SSSR count). The van der Waals surface area contributed by atoms with Gasteiger partial charge in [0, 0.05) is 18.9 Å². The maximum Gasteiger partial charge on any atom is 0.381 e. The van der Waals surface area contributed by atoms with Crippen LogP contribution in [0.15, 0.2) is 0 Å². The molecule has 0 aromatic carbocycles. The lowest BCUT2D eigenvalue weighted by Crippen LogP contribution is -2.19. The average molecular weight is 167 g/mol. The van der Waals surface area contributed by atoms with E-state index in [0.717, 1.165) is 19.6 Å². The third-order valence-corrected chi connectivity index (χ3v) is 1.95. The Labute approximate surface area is 72.4 Å². The molecular weight excluding hydrogens is 154 g/mol. The zero-order valence-electron chi connectivity index (χ0n) is 7.05. The highest BCUT2D eigenvalue weighted by Gasteiger charge is 2.09. The zero-order chi connectivity index (χ0) is 8.81. The Balaban J connectivity index is 2.10. The molecule has 0 radical (unpaired) electrons. The first kappa shape index (κ1) is 9.08. The van der Waals surface area contributed by atoms with E-state index in [2.05, 4.69) is 16.7 Å². The highest BCUT2D eigenvalue weighted by Crippen LogP contribution is 2.06. The van der Waals surface area contributed by atoms with Crippen LogP contribution in [0.5, 0.6) is 0 Å². The minimum absolute atomic E-state index is 0.673. The summed E-state index contributed by atoms with van der Waals surface area (Å²) < 4.78 is 0. The second-order valence-corrected chi connectivity index (χ2v) is 2.91. The van der Waals surface area contributed by atoms with Gasteiger partial charge in [0.1, 0.15) is 0 Å². The second-order valence-electron chi connectivity index (χ2n) is 2.91. The van der Waals surface area contributed by atoms with Crippen LogP contribution in [0.4, 0.5) is 0 Å². The number of carboxylic acids is 1. The highest BCUT2D eigenvalue weighted by molar-refractivity contribution is 5.86. The van der Waals surface area contributed by atoms with Gasteiger partial charge in [-0.15, -0.1) is 0 Å². The van der Waals surface area contributed by atoms with Gasteiger partial charge < -0.3 is 10.0 Å². The summed E-state index contributed by atoms with van der Waals surface area (Å²) in [7, 11) is 0. The first-order chi connectivity index (χ1) is 5.79. The van der Waals surface area contributed by atoms with Crippen molar-refractivity contribution in [2.75, 3.05) is 19.6 Å². The average Bonchev–Trinajstić information content (AvgIpc) is 2.49. The maximum atomic E-state index is 10.0. The number of rotatable bonds is 2. The molecule has 0 aromatic heterocycles. The van der Waals surface area contributed by atoms with Gasteiger partial charge in [0.25, 0.3) is 0 Å². The minimum atomic E-state index is -1.03. The van der Waals surface area contributed by atoms with E-state index < -0.39 is 5.97 Å². The summed E-state index contributed by atoms with van der Waals surface area (Å²) in [5, 5.41) is 8.22. The minimum Gasteiger partial charge on any atom is -0.472 e. The number of hydrogen-bond acceptors (Lipinski definition) is 2. The summed E-state index contributed by atoms with van der Waals surface area (Å²) in [6.45, 7) is 3.21. The van der Waals surface area contributed by atoms with E-state index in [-0.39, 0.29) is 0 Å². The van der Waals surface area contributed by atoms with Crippen LogP contribution in [0, 0.1) is 11.8 Å². The fourth-order valence-corrected chi connectivity index (χ4v) is 1.36. The molecule has 1 fully saturated rings. The molecule has 0 saturated carbocycles. The van der Waals surface area contributed by atoms with Crippen molar-refractivity contribution in [2.24, 2.45) is 0 Å². The van der Waals surface area contributed by atoms with E-state index in [1.54, 1.807) is 0 Å². The lowest BCUT2D eigenvalue weighted by Gasteiger charge is -2.10. The number of aliphatic carboxylic acids is 1. The molecule has 0 aromatic rings. The summed E-state index contributed by atoms with van der Waals surface area (Å²) in [5.41, 5.74) is 0. The van der Waals surface area contributed by atoms with E-state index in [1.165, 1.54) is 12.8 Å². The van der Waals surface area contributed by atoms with Gasteiger partial charge in [0.05, 0.1) is 0 Å². The Morgan fingerprint density at radius 3 is 2.67 bits per heavy atom. The molecular formula is C9H13NO2. The van der Waals surface area contributed by atoms with Crippen LogP contribution in [-0.2, 0) is 4.79 Å². The van der Waals surface area contributed by atoms with Crippen LogP contribution in [-0.4, -0.2) is 35.6 Å². The van der Waals surface area contributed by atoms with Gasteiger partial charge >= 0.3 is 5.97 Å². The molecule has 1 saturated heterocycles. The van der Waals surface area contributed by atoms with Gasteiger partial charge in [-0.05, 0) is 25.9 Å². The topological polar surface area (TPSA) is 40.5 Å². The van der Waals surface area contributed by atoms with Crippen LogP contribution in [0.25, 0.3) is 0 Å². The Morgan fingerprint density at radius 2 is 2.08 bits per heavy atom. The number of hydrogen-bond donors (Lipinski definition) is 1. The van der Waals surface area contributed by atoms with Gasteiger partial charge in [-0.2, -0.15) is 0 Å². The number of carboxylic acid groups (broad SMARTS) is 1. The van der Waals surface area contributed by atoms with E-state index in [4.69, 9.17) is 5.11 Å². The van der Waals surface area contributed by atoms with E-state index in [9.17, 15) is 4.79 Å². The number of nitrogens with zero attached hydrogens (tertiary/aromatic N) is 1. The van der Waals surface area contributed by atoms with Crippen LogP contribution in [0.1, 0.15) is 19.3 Å². The Kier molecular flexibility index (Phi) is 3.62. The molecule has 1 aliphatic rings. The van der Waals surface area contributed by atoms with E-state index >= 15 is 0 Å². The maximum absolute atomic E-state index is 10.0. The van der Waals surface area contributed by atoms with Gasteiger partial charge in [0.2, 0.25) is 0 Å². The summed E-state index contributed by atoms with van der Waals surface area (Å²) in [5.74, 6) is 3.70. The molecule has 1 N–H and O–H groups in total. The quantitative estimate of drug-likeness (QED) is 0.611. The summed E-state index contributed by atoms with van der Waals surface area (Å²) in [4.78, 5) is 12.3. The van der Waals surface area contributed by atoms with Crippen LogP contribution < -0.4 is 0 Å². The molecule has 0 aliphatic carbocycles. The third kappa shape index (κ3) is 3.40. The first-order valence-corrected chi connectivity index (χ1v) is 4.23. The molecule has 1 aliphatic heterocycles. The van der Waals surface area contributed by atoms with Crippen molar-refractivity contribution >= 4 is 5.97 Å². The summed E-state index contributed by atoms with van der Waals surface area (Å²) >= 11 is 0. The Bertz CT molecular complexity index is 208. The molecule has 0 spiro atoms. The fraction of sp³-hybridized carbons (Fsp3) is 0.667. The van der Waals surface area contributed by atoms with Crippen LogP contribution in [0.2, 0.25) is 0 Å². The van der Waals surface area contributed by atoms with Crippen molar-refractivity contribution in [3.8, 4) is 11.8 Å². The summed E-state index contributed by atoms with van der Waals surface area (Å²) in [6.07, 6.45) is 3.21. The lowest BCUT2D eigenvalue weighted by atomic mass is 10.4. The Hall–Kier alpha value is -1.01. The van der Waals surface area contributed by atoms with Crippen molar-refractivity contribution < 1.29 is 9.90 Å². The largest absolute Gasteiger partial charge is 0.472 e. The van der Waals surface area contributed by atoms with Crippen LogP contribution in [0.3, 0.4) is 0 Å². The van der Waals surface area contributed by atoms with Crippen molar-refractivity contribution in [3.63, 3.8) is 0 Å². The number of likely N-dealkylation sites (tertiary alicyclic amines) is 1. The van der Waals surface area contributed by atoms with E-state index in [0.29, 0.717) is 6.42 Å². The van der Waals surface area contributed by atoms with Gasteiger partial charge in [-0.3, -0.25) is 0 Å². The molecule has 0 bridgehead atoms. The second kappa shape index (κ2) is 4.78. The van der Waals surface area contributed by atoms with Crippen molar-refractivity contribution in [1.82, 2.24) is 4.90 Å². The van der Waals surface area contributed by atoms with Gasteiger partial charge in [0.15, 0.2) is 0 Å². The monoisotopic (exact) mass is 167 g/mol.